The van der Waals surface area contributed by atoms with E-state index in [1.807, 2.05) is 0 Å². The van der Waals surface area contributed by atoms with Gasteiger partial charge in [-0.2, -0.15) is 0 Å². The van der Waals surface area contributed by atoms with Crippen LogP contribution in [0.5, 0.6) is 0 Å². The molecule has 0 aliphatic heterocycles. The number of nitro groups is 1. The van der Waals surface area contributed by atoms with E-state index >= 15 is 0 Å². The minimum absolute atomic E-state index is 0.0125. The number of amides is 2. The summed E-state index contributed by atoms with van der Waals surface area (Å²) < 4.78 is 4.98. The van der Waals surface area contributed by atoms with Crippen LogP contribution in [0.15, 0.2) is 42.5 Å². The third-order valence-corrected chi connectivity index (χ3v) is 4.00. The second kappa shape index (κ2) is 9.17. The molecule has 0 aromatic heterocycles. The summed E-state index contributed by atoms with van der Waals surface area (Å²) in [5, 5.41) is 16.2. The number of rotatable bonds is 6. The number of benzene rings is 2. The normalized spacial score (nSPS) is 10.8. The number of nitrogens with one attached hydrogen (secondary N) is 2. The van der Waals surface area contributed by atoms with Crippen molar-refractivity contribution >= 4 is 34.8 Å². The van der Waals surface area contributed by atoms with Gasteiger partial charge in [-0.15, -0.1) is 0 Å². The zero-order valence-electron chi connectivity index (χ0n) is 17.1. The molecule has 30 heavy (non-hydrogen) atoms. The molecule has 0 saturated carbocycles. The van der Waals surface area contributed by atoms with Crippen molar-refractivity contribution in [2.45, 2.75) is 27.7 Å². The summed E-state index contributed by atoms with van der Waals surface area (Å²) in [5.41, 5.74) is 0.396. The molecule has 0 bridgehead atoms. The number of nitro benzene ring substituents is 1. The van der Waals surface area contributed by atoms with Crippen LogP contribution in [-0.4, -0.2) is 29.3 Å². The SMILES string of the molecule is Cc1ccc(NC(=O)COC(=O)c2cccc(NC(=O)C(C)(C)C)c2)c([N+](=O)[O-])c1. The lowest BCUT2D eigenvalue weighted by Gasteiger charge is -2.17. The Morgan fingerprint density at radius 3 is 2.40 bits per heavy atom. The van der Waals surface area contributed by atoms with Gasteiger partial charge in [0.15, 0.2) is 6.61 Å². The summed E-state index contributed by atoms with van der Waals surface area (Å²) >= 11 is 0. The summed E-state index contributed by atoms with van der Waals surface area (Å²) in [4.78, 5) is 46.9. The Kier molecular flexibility index (Phi) is 6.89. The molecule has 0 radical (unpaired) electrons. The van der Waals surface area contributed by atoms with Gasteiger partial charge in [0.2, 0.25) is 5.91 Å². The van der Waals surface area contributed by atoms with Gasteiger partial charge >= 0.3 is 5.97 Å². The number of hydrogen-bond acceptors (Lipinski definition) is 6. The Morgan fingerprint density at radius 1 is 1.07 bits per heavy atom. The monoisotopic (exact) mass is 413 g/mol. The highest BCUT2D eigenvalue weighted by molar-refractivity contribution is 5.98. The number of carbonyl (C=O) groups is 3. The van der Waals surface area contributed by atoms with Crippen molar-refractivity contribution in [2.75, 3.05) is 17.2 Å². The van der Waals surface area contributed by atoms with Gasteiger partial charge in [-0.1, -0.05) is 32.9 Å². The van der Waals surface area contributed by atoms with E-state index in [4.69, 9.17) is 4.74 Å². The second-order valence-corrected chi connectivity index (χ2v) is 7.69. The van der Waals surface area contributed by atoms with Gasteiger partial charge in [0, 0.05) is 17.2 Å². The maximum absolute atomic E-state index is 12.2. The minimum Gasteiger partial charge on any atom is -0.452 e. The Hall–Kier alpha value is -3.75. The fourth-order valence-corrected chi connectivity index (χ4v) is 2.34. The fourth-order valence-electron chi connectivity index (χ4n) is 2.34. The minimum atomic E-state index is -0.768. The molecule has 0 heterocycles. The Morgan fingerprint density at radius 2 is 1.77 bits per heavy atom. The lowest BCUT2D eigenvalue weighted by Crippen LogP contribution is -2.27. The number of aryl methyl sites for hydroxylation is 1. The van der Waals surface area contributed by atoms with E-state index in [0.29, 0.717) is 11.3 Å². The standard InChI is InChI=1S/C21H23N3O6/c1-13-8-9-16(17(10-13)24(28)29)23-18(25)12-30-19(26)14-6-5-7-15(11-14)22-20(27)21(2,3)4/h5-11H,12H2,1-4H3,(H,22,27)(H,23,25). The molecule has 2 rings (SSSR count). The van der Waals surface area contributed by atoms with Crippen LogP contribution in [0.1, 0.15) is 36.7 Å². The molecule has 0 fully saturated rings. The van der Waals surface area contributed by atoms with Crippen molar-refractivity contribution in [1.82, 2.24) is 0 Å². The summed E-state index contributed by atoms with van der Waals surface area (Å²) in [6.45, 7) is 6.35. The Labute approximate surface area is 173 Å². The fraction of sp³-hybridized carbons (Fsp3) is 0.286. The average molecular weight is 413 g/mol. The summed E-state index contributed by atoms with van der Waals surface area (Å²) in [6.07, 6.45) is 0. The van der Waals surface area contributed by atoms with E-state index in [2.05, 4.69) is 10.6 Å². The summed E-state index contributed by atoms with van der Waals surface area (Å²) in [7, 11) is 0. The van der Waals surface area contributed by atoms with Crippen molar-refractivity contribution in [2.24, 2.45) is 5.41 Å². The maximum atomic E-state index is 12.2. The average Bonchev–Trinajstić information content (AvgIpc) is 2.66. The van der Waals surface area contributed by atoms with Gasteiger partial charge in [0.1, 0.15) is 5.69 Å². The summed E-state index contributed by atoms with van der Waals surface area (Å²) in [5.74, 6) is -1.70. The highest BCUT2D eigenvalue weighted by Gasteiger charge is 2.22. The first kappa shape index (κ1) is 22.5. The van der Waals surface area contributed by atoms with E-state index < -0.39 is 28.8 Å². The number of ether oxygens (including phenoxy) is 1. The van der Waals surface area contributed by atoms with Crippen molar-refractivity contribution in [3.05, 3.63) is 63.7 Å². The topological polar surface area (TPSA) is 128 Å². The molecule has 2 amide bonds. The maximum Gasteiger partial charge on any atom is 0.338 e. The molecule has 0 aliphatic rings. The Bertz CT molecular complexity index is 994. The van der Waals surface area contributed by atoms with Crippen molar-refractivity contribution < 1.29 is 24.0 Å². The van der Waals surface area contributed by atoms with Gasteiger partial charge in [-0.25, -0.2) is 4.79 Å². The van der Waals surface area contributed by atoms with Crippen molar-refractivity contribution in [3.63, 3.8) is 0 Å². The van der Waals surface area contributed by atoms with E-state index in [9.17, 15) is 24.5 Å². The van der Waals surface area contributed by atoms with Gasteiger partial charge in [-0.05, 0) is 36.8 Å². The largest absolute Gasteiger partial charge is 0.452 e. The van der Waals surface area contributed by atoms with Crippen molar-refractivity contribution in [3.8, 4) is 0 Å². The highest BCUT2D eigenvalue weighted by Crippen LogP contribution is 2.25. The molecule has 0 atom stereocenters. The third-order valence-electron chi connectivity index (χ3n) is 4.00. The second-order valence-electron chi connectivity index (χ2n) is 7.69. The number of esters is 1. The van der Waals surface area contributed by atoms with Gasteiger partial charge in [-0.3, -0.25) is 19.7 Å². The van der Waals surface area contributed by atoms with E-state index in [0.717, 1.165) is 0 Å². The van der Waals surface area contributed by atoms with Crippen LogP contribution in [-0.2, 0) is 14.3 Å². The first-order valence-electron chi connectivity index (χ1n) is 9.11. The lowest BCUT2D eigenvalue weighted by molar-refractivity contribution is -0.384. The molecule has 9 nitrogen and oxygen atoms in total. The third kappa shape index (κ3) is 6.13. The van der Waals surface area contributed by atoms with Crippen LogP contribution in [0.25, 0.3) is 0 Å². The molecule has 0 aliphatic carbocycles. The van der Waals surface area contributed by atoms with Gasteiger partial charge in [0.25, 0.3) is 11.6 Å². The van der Waals surface area contributed by atoms with Crippen molar-refractivity contribution in [1.29, 1.82) is 0 Å². The zero-order valence-corrected chi connectivity index (χ0v) is 17.1. The van der Waals surface area contributed by atoms with E-state index in [-0.39, 0.29) is 22.8 Å². The first-order valence-corrected chi connectivity index (χ1v) is 9.11. The molecule has 158 valence electrons. The first-order chi connectivity index (χ1) is 14.0. The van der Waals surface area contributed by atoms with Crippen LogP contribution in [0, 0.1) is 22.5 Å². The van der Waals surface area contributed by atoms with Gasteiger partial charge < -0.3 is 15.4 Å². The van der Waals surface area contributed by atoms with E-state index in [1.54, 1.807) is 45.9 Å². The van der Waals surface area contributed by atoms with Crippen LogP contribution in [0.4, 0.5) is 17.1 Å². The smallest absolute Gasteiger partial charge is 0.338 e. The molecular weight excluding hydrogens is 390 g/mol. The van der Waals surface area contributed by atoms with Crippen LogP contribution in [0.2, 0.25) is 0 Å². The molecular formula is C21H23N3O6. The predicted molar refractivity (Wildman–Crippen MR) is 111 cm³/mol. The van der Waals surface area contributed by atoms with Gasteiger partial charge in [0.05, 0.1) is 10.5 Å². The quantitative estimate of drug-likeness (QED) is 0.422. The summed E-state index contributed by atoms with van der Waals surface area (Å²) in [6, 6.07) is 10.5. The molecule has 0 spiro atoms. The number of nitrogens with zero attached hydrogens (tertiary/aromatic N) is 1. The number of hydrogen-bond donors (Lipinski definition) is 2. The predicted octanol–water partition coefficient (Wildman–Crippen LogP) is 3.68. The van der Waals surface area contributed by atoms with Crippen LogP contribution in [0.3, 0.4) is 0 Å². The molecule has 9 heteroatoms. The molecule has 2 N–H and O–H groups in total. The Balaban J connectivity index is 1.99. The molecule has 0 unspecified atom stereocenters. The lowest BCUT2D eigenvalue weighted by atomic mass is 9.95. The highest BCUT2D eigenvalue weighted by atomic mass is 16.6. The zero-order chi connectivity index (χ0) is 22.5. The molecule has 0 saturated heterocycles. The van der Waals surface area contributed by atoms with Crippen LogP contribution < -0.4 is 10.6 Å². The molecule has 2 aromatic rings. The number of anilines is 2. The van der Waals surface area contributed by atoms with E-state index in [1.165, 1.54) is 24.3 Å². The van der Waals surface area contributed by atoms with Crippen LogP contribution >= 0.6 is 0 Å². The molecule has 2 aromatic carbocycles. The number of carbonyl (C=O) groups excluding carboxylic acids is 3.